The van der Waals surface area contributed by atoms with Gasteiger partial charge in [-0.05, 0) is 80.0 Å². The molecule has 10 N–H and O–H groups in total. The Morgan fingerprint density at radius 1 is 0.701 bits per heavy atom. The summed E-state index contributed by atoms with van der Waals surface area (Å²) < 4.78 is 30.0. The quantitative estimate of drug-likeness (QED) is 0.0237. The number of pyridine rings is 1. The first-order chi connectivity index (χ1) is 41.7. The van der Waals surface area contributed by atoms with Gasteiger partial charge in [-0.3, -0.25) is 48.4 Å². The van der Waals surface area contributed by atoms with Crippen molar-refractivity contribution in [2.45, 2.75) is 45.3 Å². The number of anilines is 2. The smallest absolute Gasteiger partial charge is 0.319 e. The molecule has 1 aromatic heterocycles. The molecule has 0 aliphatic carbocycles. The van der Waals surface area contributed by atoms with E-state index in [0.29, 0.717) is 71.6 Å². The minimum atomic E-state index is -1.22. The van der Waals surface area contributed by atoms with Gasteiger partial charge in [0, 0.05) is 86.4 Å². The van der Waals surface area contributed by atoms with Gasteiger partial charge in [-0.15, -0.1) is 0 Å². The second kappa shape index (κ2) is 37.2. The number of aromatic nitrogens is 1. The highest BCUT2D eigenvalue weighted by Crippen LogP contribution is 2.31. The Labute approximate surface area is 513 Å². The first-order valence-electron chi connectivity index (χ1n) is 28.1. The zero-order chi connectivity index (χ0) is 63.3. The molecule has 1 fully saturated rings. The standard InChI is InChI=1S/C58H78ClN9O18S/c1-39-32-68(35-46-47(59)7-4-8-49(46)85-24-21-70)56(80)54(63-57(81)62-48(31-50(72)73)42-5-3-6-45(30-42)84-23-20-69)55(39)86-28-27-83-26-25-82-22-13-60-58(87)61-43-11-9-41(10-12-43)29-44-34-66(37-52(76)77)17-16-64(33-40(2)71)14-15-65(36-51(74)75)18-19-67(44)38-53(78)79/h3-12,30,32,44,48,69-70H,13-29,31,33-38H2,1-2H3,(H,72,73)(H,74,75)(H,76,77)(H,78,79)(H2,60,61,87)(H2,62,63,81)/t44?,48-/m0/s1. The number of hydrogen-bond donors (Lipinski definition) is 10. The number of nitrogens with zero attached hydrogens (tertiary/aromatic N) is 5. The predicted octanol–water partition coefficient (Wildman–Crippen LogP) is 2.31. The van der Waals surface area contributed by atoms with E-state index in [1.54, 1.807) is 70.2 Å². The highest BCUT2D eigenvalue weighted by atomic mass is 35.5. The average molecular weight is 1260 g/mol. The van der Waals surface area contributed by atoms with Crippen LogP contribution >= 0.6 is 23.8 Å². The summed E-state index contributed by atoms with van der Waals surface area (Å²) in [6, 6.07) is 16.1. The fourth-order valence-corrected chi connectivity index (χ4v) is 9.93. The highest BCUT2D eigenvalue weighted by molar-refractivity contribution is 7.80. The lowest BCUT2D eigenvalue weighted by Crippen LogP contribution is -2.53. The van der Waals surface area contributed by atoms with E-state index in [-0.39, 0.29) is 141 Å². The number of carboxylic acid groups (broad SMARTS) is 4. The van der Waals surface area contributed by atoms with Gasteiger partial charge in [-0.2, -0.15) is 0 Å². The van der Waals surface area contributed by atoms with Crippen LogP contribution in [0.2, 0.25) is 5.02 Å². The number of hydrogen-bond acceptors (Lipinski definition) is 19. The molecule has 5 rings (SSSR count). The molecule has 4 aromatic rings. The molecule has 87 heavy (non-hydrogen) atoms. The normalized spacial score (nSPS) is 15.0. The van der Waals surface area contributed by atoms with Crippen LogP contribution in [-0.4, -0.2) is 240 Å². The summed E-state index contributed by atoms with van der Waals surface area (Å²) in [5, 5.41) is 69.8. The molecule has 0 bridgehead atoms. The number of aliphatic hydroxyl groups is 2. The monoisotopic (exact) mass is 1260 g/mol. The Morgan fingerprint density at radius 3 is 1.99 bits per heavy atom. The van der Waals surface area contributed by atoms with Crippen molar-refractivity contribution in [1.82, 2.24) is 34.8 Å². The molecule has 2 atom stereocenters. The number of thiocarbonyl (C=S) groups is 1. The van der Waals surface area contributed by atoms with E-state index in [1.165, 1.54) is 23.8 Å². The molecule has 1 saturated heterocycles. The molecule has 2 heterocycles. The number of ether oxygens (including phenoxy) is 5. The summed E-state index contributed by atoms with van der Waals surface area (Å²) in [5.41, 5.74) is 1.76. The number of aryl methyl sites for hydroxylation is 1. The lowest BCUT2D eigenvalue weighted by Gasteiger charge is -2.37. The van der Waals surface area contributed by atoms with E-state index in [4.69, 9.17) is 47.5 Å². The third-order valence-corrected chi connectivity index (χ3v) is 14.0. The number of carbonyl (C=O) groups excluding carboxylic acids is 2. The number of carboxylic acids is 4. The molecule has 0 saturated carbocycles. The minimum Gasteiger partial charge on any atom is -0.491 e. The predicted molar refractivity (Wildman–Crippen MR) is 325 cm³/mol. The van der Waals surface area contributed by atoms with Gasteiger partial charge in [-0.1, -0.05) is 41.9 Å². The molecule has 27 nitrogen and oxygen atoms in total. The van der Waals surface area contributed by atoms with Gasteiger partial charge in [0.25, 0.3) is 5.56 Å². The number of ketones is 1. The molecule has 29 heteroatoms. The van der Waals surface area contributed by atoms with Crippen LogP contribution in [0.1, 0.15) is 41.6 Å². The Kier molecular flexibility index (Phi) is 30.1. The number of Topliss-reactive ketones (excluding diaryl/α,β-unsaturated/α-hetero) is 1. The second-order valence-corrected chi connectivity index (χ2v) is 21.1. The molecule has 476 valence electrons. The number of benzene rings is 3. The topological polar surface area (TPSA) is 353 Å². The van der Waals surface area contributed by atoms with Crippen molar-refractivity contribution in [1.29, 1.82) is 0 Å². The number of carbonyl (C=O) groups is 6. The maximum atomic E-state index is 14.3. The van der Waals surface area contributed by atoms with Gasteiger partial charge in [0.1, 0.15) is 37.1 Å². The molecule has 2 amide bonds. The lowest BCUT2D eigenvalue weighted by molar-refractivity contribution is -0.141. The minimum absolute atomic E-state index is 0.0113. The second-order valence-electron chi connectivity index (χ2n) is 20.3. The summed E-state index contributed by atoms with van der Waals surface area (Å²) in [6.07, 6.45) is 1.33. The van der Waals surface area contributed by atoms with Gasteiger partial charge in [0.15, 0.2) is 16.5 Å². The third kappa shape index (κ3) is 25.4. The van der Waals surface area contributed by atoms with Crippen molar-refractivity contribution < 1.29 is 83.1 Å². The number of rotatable bonds is 34. The van der Waals surface area contributed by atoms with Crippen LogP contribution in [0.5, 0.6) is 17.2 Å². The van der Waals surface area contributed by atoms with Crippen LogP contribution in [0.25, 0.3) is 0 Å². The van der Waals surface area contributed by atoms with Gasteiger partial charge in [-0.25, -0.2) is 4.79 Å². The molecule has 1 aliphatic heterocycles. The van der Waals surface area contributed by atoms with E-state index in [9.17, 15) is 64.2 Å². The summed E-state index contributed by atoms with van der Waals surface area (Å²) in [7, 11) is 0. The van der Waals surface area contributed by atoms with E-state index in [2.05, 4.69) is 21.3 Å². The van der Waals surface area contributed by atoms with Crippen molar-refractivity contribution in [2.24, 2.45) is 0 Å². The van der Waals surface area contributed by atoms with Crippen LogP contribution in [-0.2, 0) is 46.4 Å². The molecular weight excluding hydrogens is 1180 g/mol. The Hall–Kier alpha value is -7.51. The number of aliphatic carboxylic acids is 4. The zero-order valence-corrected chi connectivity index (χ0v) is 50.2. The molecule has 1 unspecified atom stereocenters. The van der Waals surface area contributed by atoms with Gasteiger partial charge in [0.2, 0.25) is 0 Å². The molecule has 0 spiro atoms. The van der Waals surface area contributed by atoms with Crippen molar-refractivity contribution >= 4 is 76.0 Å². The van der Waals surface area contributed by atoms with Crippen molar-refractivity contribution in [3.05, 3.63) is 111 Å². The maximum absolute atomic E-state index is 14.3. The van der Waals surface area contributed by atoms with Gasteiger partial charge < -0.3 is 80.2 Å². The number of halogens is 1. The zero-order valence-electron chi connectivity index (χ0n) is 48.7. The van der Waals surface area contributed by atoms with Crippen molar-refractivity contribution in [3.63, 3.8) is 0 Å². The molecule has 0 radical (unpaired) electrons. The van der Waals surface area contributed by atoms with Crippen LogP contribution in [0.4, 0.5) is 16.2 Å². The van der Waals surface area contributed by atoms with Gasteiger partial charge in [0.05, 0.1) is 84.8 Å². The van der Waals surface area contributed by atoms with Crippen molar-refractivity contribution in [2.75, 3.05) is 149 Å². The molecule has 3 aromatic carbocycles. The number of urea groups is 1. The molecule has 1 aliphatic rings. The van der Waals surface area contributed by atoms with Crippen LogP contribution in [0.3, 0.4) is 0 Å². The summed E-state index contributed by atoms with van der Waals surface area (Å²) in [4.78, 5) is 95.2. The lowest BCUT2D eigenvalue weighted by atomic mass is 10.0. The van der Waals surface area contributed by atoms with E-state index in [0.717, 1.165) is 5.56 Å². The number of aliphatic hydroxyl groups excluding tert-OH is 2. The van der Waals surface area contributed by atoms with Gasteiger partial charge >= 0.3 is 29.9 Å². The SMILES string of the molecule is CC(=O)CN1CCN(CC(=O)O)CCN(CC(=O)O)C(Cc2ccc(NC(=S)NCCOCCOCCOc3c(C)cn(Cc4c(Cl)cccc4OCCO)c(=O)c3NC(=O)N[C@@H](CC(=O)O)c3cccc(OCCO)c3)cc2)CN(CC(=O)O)CC1. The summed E-state index contributed by atoms with van der Waals surface area (Å²) in [5.74, 6) is -3.81. The maximum Gasteiger partial charge on any atom is 0.319 e. The fourth-order valence-electron chi connectivity index (χ4n) is 9.49. The third-order valence-electron chi connectivity index (χ3n) is 13.4. The summed E-state index contributed by atoms with van der Waals surface area (Å²) >= 11 is 12.1. The first-order valence-corrected chi connectivity index (χ1v) is 28.9. The van der Waals surface area contributed by atoms with E-state index in [1.807, 2.05) is 17.0 Å². The average Bonchev–Trinajstić information content (AvgIpc) is 3.03. The Balaban J connectivity index is 1.15. The molecular formula is C58H78ClN9O18S. The Bertz CT molecular complexity index is 2980. The largest absolute Gasteiger partial charge is 0.491 e. The highest BCUT2D eigenvalue weighted by Gasteiger charge is 2.29. The Morgan fingerprint density at radius 2 is 1.32 bits per heavy atom. The van der Waals surface area contributed by atoms with Crippen LogP contribution in [0.15, 0.2) is 77.7 Å². The van der Waals surface area contributed by atoms with Crippen molar-refractivity contribution in [3.8, 4) is 17.2 Å². The first kappa shape index (κ1) is 70.3. The van der Waals surface area contributed by atoms with Crippen LogP contribution in [0, 0.1) is 6.92 Å². The number of amides is 2. The van der Waals surface area contributed by atoms with E-state index < -0.39 is 54.0 Å². The fraction of sp³-hybridized carbons (Fsp3) is 0.483. The number of nitrogens with one attached hydrogen (secondary N) is 4. The summed E-state index contributed by atoms with van der Waals surface area (Å²) in [6.45, 7) is 4.43. The van der Waals surface area contributed by atoms with E-state index >= 15 is 0 Å². The van der Waals surface area contributed by atoms with Crippen LogP contribution < -0.4 is 41.0 Å².